The van der Waals surface area contributed by atoms with Crippen molar-refractivity contribution in [1.29, 1.82) is 0 Å². The normalized spacial score (nSPS) is 11.9. The van der Waals surface area contributed by atoms with Crippen LogP contribution in [0.1, 0.15) is 13.3 Å². The molecule has 1 aromatic carbocycles. The number of hydrogen-bond acceptors (Lipinski definition) is 4. The Morgan fingerprint density at radius 1 is 1.37 bits per heavy atom. The molecule has 5 nitrogen and oxygen atoms in total. The number of anilines is 1. The van der Waals surface area contributed by atoms with Crippen molar-refractivity contribution >= 4 is 11.6 Å². The van der Waals surface area contributed by atoms with Gasteiger partial charge in [-0.15, -0.1) is 0 Å². The summed E-state index contributed by atoms with van der Waals surface area (Å²) in [6.45, 7) is 2.83. The maximum absolute atomic E-state index is 11.9. The predicted molar refractivity (Wildman–Crippen MR) is 75.1 cm³/mol. The number of benzene rings is 1. The number of likely N-dealkylation sites (N-methyl/N-ethyl adjacent to an activating group) is 1. The van der Waals surface area contributed by atoms with E-state index in [-0.39, 0.29) is 11.9 Å². The van der Waals surface area contributed by atoms with Gasteiger partial charge in [-0.3, -0.25) is 4.79 Å². The molecule has 0 bridgehead atoms. The minimum absolute atomic E-state index is 0.0417. The smallest absolute Gasteiger partial charge is 0.226 e. The van der Waals surface area contributed by atoms with Crippen LogP contribution in [0.4, 0.5) is 5.69 Å². The highest BCUT2D eigenvalue weighted by atomic mass is 16.5. The highest BCUT2D eigenvalue weighted by Gasteiger charge is 2.15. The van der Waals surface area contributed by atoms with Crippen molar-refractivity contribution in [3.63, 3.8) is 0 Å². The second-order valence-electron chi connectivity index (χ2n) is 4.48. The summed E-state index contributed by atoms with van der Waals surface area (Å²) >= 11 is 0. The summed E-state index contributed by atoms with van der Waals surface area (Å²) < 4.78 is 10.5. The van der Waals surface area contributed by atoms with E-state index in [0.29, 0.717) is 25.3 Å². The summed E-state index contributed by atoms with van der Waals surface area (Å²) in [6, 6.07) is 7.18. The molecule has 0 heterocycles. The first-order valence-electron chi connectivity index (χ1n) is 6.27. The van der Waals surface area contributed by atoms with Gasteiger partial charge in [0.25, 0.3) is 0 Å². The van der Waals surface area contributed by atoms with E-state index in [4.69, 9.17) is 15.2 Å². The molecule has 1 unspecified atom stereocenters. The van der Waals surface area contributed by atoms with E-state index in [1.807, 2.05) is 6.92 Å². The van der Waals surface area contributed by atoms with Crippen LogP contribution in [0.2, 0.25) is 0 Å². The second-order valence-corrected chi connectivity index (χ2v) is 4.48. The Labute approximate surface area is 114 Å². The molecule has 1 rings (SSSR count). The number of methoxy groups -OCH3 is 1. The summed E-state index contributed by atoms with van der Waals surface area (Å²) in [5.41, 5.74) is 6.27. The summed E-state index contributed by atoms with van der Waals surface area (Å²) in [4.78, 5) is 13.6. The molecule has 19 heavy (non-hydrogen) atoms. The van der Waals surface area contributed by atoms with Crippen molar-refractivity contribution in [2.45, 2.75) is 19.4 Å². The molecule has 0 radical (unpaired) electrons. The van der Waals surface area contributed by atoms with Gasteiger partial charge in [-0.1, -0.05) is 0 Å². The lowest BCUT2D eigenvalue weighted by Crippen LogP contribution is -2.38. The SMILES string of the molecule is COCC(C)N(C)C(=O)CCOc1ccc(N)cc1. The molecule has 0 spiro atoms. The third-order valence-electron chi connectivity index (χ3n) is 2.93. The van der Waals surface area contributed by atoms with Crippen LogP contribution in [0.5, 0.6) is 5.75 Å². The Hall–Kier alpha value is -1.75. The molecule has 2 N–H and O–H groups in total. The number of rotatable bonds is 7. The van der Waals surface area contributed by atoms with Gasteiger partial charge in [0.05, 0.1) is 25.7 Å². The van der Waals surface area contributed by atoms with Gasteiger partial charge in [-0.2, -0.15) is 0 Å². The molecular weight excluding hydrogens is 244 g/mol. The zero-order valence-corrected chi connectivity index (χ0v) is 11.8. The van der Waals surface area contributed by atoms with Gasteiger partial charge in [-0.25, -0.2) is 0 Å². The maximum atomic E-state index is 11.9. The van der Waals surface area contributed by atoms with Gasteiger partial charge in [0, 0.05) is 19.8 Å². The summed E-state index contributed by atoms with van der Waals surface area (Å²) in [6.07, 6.45) is 0.342. The summed E-state index contributed by atoms with van der Waals surface area (Å²) in [5, 5.41) is 0. The van der Waals surface area contributed by atoms with E-state index in [9.17, 15) is 4.79 Å². The van der Waals surface area contributed by atoms with Crippen molar-refractivity contribution in [3.05, 3.63) is 24.3 Å². The van der Waals surface area contributed by atoms with Crippen LogP contribution in [0, 0.1) is 0 Å². The molecule has 0 aromatic heterocycles. The van der Waals surface area contributed by atoms with Gasteiger partial charge in [0.15, 0.2) is 0 Å². The Morgan fingerprint density at radius 2 is 2.00 bits per heavy atom. The van der Waals surface area contributed by atoms with Crippen LogP contribution in [0.25, 0.3) is 0 Å². The van der Waals surface area contributed by atoms with Crippen LogP contribution in [-0.4, -0.2) is 44.2 Å². The molecule has 0 fully saturated rings. The minimum atomic E-state index is 0.0417. The molecule has 0 saturated carbocycles. The Balaban J connectivity index is 2.32. The summed E-state index contributed by atoms with van der Waals surface area (Å²) in [5.74, 6) is 0.759. The molecule has 106 valence electrons. The summed E-state index contributed by atoms with van der Waals surface area (Å²) in [7, 11) is 3.40. The monoisotopic (exact) mass is 266 g/mol. The van der Waals surface area contributed by atoms with Gasteiger partial charge < -0.3 is 20.1 Å². The van der Waals surface area contributed by atoms with E-state index in [1.165, 1.54) is 0 Å². The fourth-order valence-corrected chi connectivity index (χ4v) is 1.60. The largest absolute Gasteiger partial charge is 0.493 e. The highest BCUT2D eigenvalue weighted by Crippen LogP contribution is 2.13. The first-order chi connectivity index (χ1) is 9.04. The van der Waals surface area contributed by atoms with Crippen molar-refractivity contribution in [3.8, 4) is 5.75 Å². The van der Waals surface area contributed by atoms with Crippen molar-refractivity contribution < 1.29 is 14.3 Å². The van der Waals surface area contributed by atoms with E-state index < -0.39 is 0 Å². The van der Waals surface area contributed by atoms with E-state index in [0.717, 1.165) is 5.75 Å². The Kier molecular flexibility index (Phi) is 6.15. The lowest BCUT2D eigenvalue weighted by atomic mass is 10.3. The van der Waals surface area contributed by atoms with Crippen LogP contribution in [0.15, 0.2) is 24.3 Å². The van der Waals surface area contributed by atoms with Crippen molar-refractivity contribution in [2.24, 2.45) is 0 Å². The van der Waals surface area contributed by atoms with Gasteiger partial charge in [-0.05, 0) is 31.2 Å². The van der Waals surface area contributed by atoms with Gasteiger partial charge in [0.1, 0.15) is 5.75 Å². The van der Waals surface area contributed by atoms with Crippen LogP contribution in [0.3, 0.4) is 0 Å². The van der Waals surface area contributed by atoms with Gasteiger partial charge >= 0.3 is 0 Å². The topological polar surface area (TPSA) is 64.8 Å². The maximum Gasteiger partial charge on any atom is 0.226 e. The number of nitrogen functional groups attached to an aromatic ring is 1. The lowest BCUT2D eigenvalue weighted by Gasteiger charge is -2.24. The van der Waals surface area contributed by atoms with E-state index >= 15 is 0 Å². The number of hydrogen-bond donors (Lipinski definition) is 1. The predicted octanol–water partition coefficient (Wildman–Crippen LogP) is 1.53. The lowest BCUT2D eigenvalue weighted by molar-refractivity contribution is -0.133. The average molecular weight is 266 g/mol. The number of carbonyl (C=O) groups excluding carboxylic acids is 1. The molecule has 1 atom stereocenters. The highest BCUT2D eigenvalue weighted by molar-refractivity contribution is 5.76. The third-order valence-corrected chi connectivity index (χ3v) is 2.93. The first-order valence-corrected chi connectivity index (χ1v) is 6.27. The molecule has 0 saturated heterocycles. The van der Waals surface area contributed by atoms with E-state index in [2.05, 4.69) is 0 Å². The first kappa shape index (κ1) is 15.3. The minimum Gasteiger partial charge on any atom is -0.493 e. The number of ether oxygens (including phenoxy) is 2. The fourth-order valence-electron chi connectivity index (χ4n) is 1.60. The third kappa shape index (κ3) is 5.18. The van der Waals surface area contributed by atoms with Gasteiger partial charge in [0.2, 0.25) is 5.91 Å². The molecule has 0 aliphatic rings. The number of carbonyl (C=O) groups is 1. The standard InChI is InChI=1S/C14H22N2O3/c1-11(10-18-3)16(2)14(17)8-9-19-13-6-4-12(15)5-7-13/h4-7,11H,8-10,15H2,1-3H3. The number of amides is 1. The molecule has 5 heteroatoms. The fraction of sp³-hybridized carbons (Fsp3) is 0.500. The second kappa shape index (κ2) is 7.63. The molecule has 1 aromatic rings. The molecule has 0 aliphatic carbocycles. The Bertz CT molecular complexity index is 392. The Morgan fingerprint density at radius 3 is 2.58 bits per heavy atom. The zero-order valence-electron chi connectivity index (χ0n) is 11.8. The quantitative estimate of drug-likeness (QED) is 0.760. The number of nitrogens with zero attached hydrogens (tertiary/aromatic N) is 1. The zero-order chi connectivity index (χ0) is 14.3. The molecule has 0 aliphatic heterocycles. The van der Waals surface area contributed by atoms with Crippen molar-refractivity contribution in [1.82, 2.24) is 4.90 Å². The average Bonchev–Trinajstić information content (AvgIpc) is 2.40. The molecule has 1 amide bonds. The van der Waals surface area contributed by atoms with Crippen LogP contribution >= 0.6 is 0 Å². The molecular formula is C14H22N2O3. The van der Waals surface area contributed by atoms with Crippen molar-refractivity contribution in [2.75, 3.05) is 33.1 Å². The van der Waals surface area contributed by atoms with Crippen LogP contribution < -0.4 is 10.5 Å². The van der Waals surface area contributed by atoms with Crippen LogP contribution in [-0.2, 0) is 9.53 Å². The number of nitrogens with two attached hydrogens (primary N) is 1. The van der Waals surface area contributed by atoms with E-state index in [1.54, 1.807) is 43.3 Å².